The highest BCUT2D eigenvalue weighted by Crippen LogP contribution is 2.66. The maximum atomic E-state index is 12.9. The molecule has 4 saturated carbocycles. The van der Waals surface area contributed by atoms with Crippen LogP contribution in [0.25, 0.3) is 0 Å². The third-order valence-corrected chi connectivity index (χ3v) is 8.99. The zero-order valence-electron chi connectivity index (χ0n) is 15.2. The molecule has 4 aliphatic rings. The van der Waals surface area contributed by atoms with E-state index >= 15 is 0 Å². The maximum Gasteiger partial charge on any atom is 0.142 e. The number of ketones is 1. The number of aliphatic hydroxyl groups is 1. The van der Waals surface area contributed by atoms with Crippen LogP contribution in [0.3, 0.4) is 0 Å². The molecule has 2 heteroatoms. The summed E-state index contributed by atoms with van der Waals surface area (Å²) in [5.41, 5.74) is 0.413. The van der Waals surface area contributed by atoms with E-state index in [-0.39, 0.29) is 11.5 Å². The van der Waals surface area contributed by atoms with E-state index < -0.39 is 0 Å². The van der Waals surface area contributed by atoms with Crippen LogP contribution in [0.15, 0.2) is 0 Å². The number of fused-ring (bicyclic) bond motifs is 5. The van der Waals surface area contributed by atoms with Crippen molar-refractivity contribution in [2.45, 2.75) is 84.7 Å². The summed E-state index contributed by atoms with van der Waals surface area (Å²) in [7, 11) is 0. The molecule has 0 spiro atoms. The van der Waals surface area contributed by atoms with Crippen LogP contribution in [0, 0.1) is 40.4 Å². The predicted molar refractivity (Wildman–Crippen MR) is 91.9 cm³/mol. The Hall–Kier alpha value is -0.370. The first-order chi connectivity index (χ1) is 10.9. The van der Waals surface area contributed by atoms with E-state index in [4.69, 9.17) is 0 Å². The van der Waals surface area contributed by atoms with E-state index in [9.17, 15) is 9.90 Å². The average molecular weight is 319 g/mol. The Balaban J connectivity index is 1.63. The van der Waals surface area contributed by atoms with E-state index in [0.717, 1.165) is 49.9 Å². The zero-order chi connectivity index (χ0) is 16.4. The fourth-order valence-electron chi connectivity index (χ4n) is 7.53. The van der Waals surface area contributed by atoms with Crippen LogP contribution in [0.4, 0.5) is 0 Å². The monoisotopic (exact) mass is 318 g/mol. The number of aliphatic hydroxyl groups excluding tert-OH is 1. The molecule has 0 heterocycles. The van der Waals surface area contributed by atoms with E-state index in [2.05, 4.69) is 20.8 Å². The summed E-state index contributed by atoms with van der Waals surface area (Å²) in [5.74, 6) is 3.86. The van der Waals surface area contributed by atoms with Crippen LogP contribution in [0.1, 0.15) is 78.6 Å². The SMILES string of the molecule is CCC1C[C@H]2[C@@H]3CCC4C[C@H](O)CC[C@]4(C)[C@H]3CC[C@]2(C)C1=O. The van der Waals surface area contributed by atoms with Gasteiger partial charge in [0.05, 0.1) is 6.10 Å². The lowest BCUT2D eigenvalue weighted by Gasteiger charge is -2.60. The molecule has 0 amide bonds. The first-order valence-electron chi connectivity index (χ1n) is 10.1. The molecule has 0 aromatic rings. The van der Waals surface area contributed by atoms with Gasteiger partial charge >= 0.3 is 0 Å². The first kappa shape index (κ1) is 16.1. The lowest BCUT2D eigenvalue weighted by Crippen LogP contribution is -2.54. The second-order valence-corrected chi connectivity index (χ2v) is 9.75. The topological polar surface area (TPSA) is 37.3 Å². The summed E-state index contributed by atoms with van der Waals surface area (Å²) in [4.78, 5) is 12.9. The molecule has 0 bridgehead atoms. The molecule has 2 nitrogen and oxygen atoms in total. The lowest BCUT2D eigenvalue weighted by atomic mass is 9.45. The molecule has 130 valence electrons. The second kappa shape index (κ2) is 5.31. The van der Waals surface area contributed by atoms with Gasteiger partial charge in [-0.3, -0.25) is 4.79 Å². The van der Waals surface area contributed by atoms with Gasteiger partial charge in [0, 0.05) is 11.3 Å². The van der Waals surface area contributed by atoms with Gasteiger partial charge in [-0.25, -0.2) is 0 Å². The lowest BCUT2D eigenvalue weighted by molar-refractivity contribution is -0.143. The summed E-state index contributed by atoms with van der Waals surface area (Å²) in [6.45, 7) is 7.02. The van der Waals surface area contributed by atoms with Gasteiger partial charge in [-0.2, -0.15) is 0 Å². The highest BCUT2D eigenvalue weighted by Gasteiger charge is 2.61. The summed E-state index contributed by atoms with van der Waals surface area (Å²) >= 11 is 0. The minimum Gasteiger partial charge on any atom is -0.393 e. The summed E-state index contributed by atoms with van der Waals surface area (Å²) < 4.78 is 0. The molecule has 0 saturated heterocycles. The minimum absolute atomic E-state index is 0.0147. The highest BCUT2D eigenvalue weighted by atomic mass is 16.3. The smallest absolute Gasteiger partial charge is 0.142 e. The third kappa shape index (κ3) is 2.12. The average Bonchev–Trinajstić information content (AvgIpc) is 2.79. The second-order valence-electron chi connectivity index (χ2n) is 9.75. The largest absolute Gasteiger partial charge is 0.393 e. The molecule has 4 fully saturated rings. The van der Waals surface area contributed by atoms with Crippen LogP contribution in [0.2, 0.25) is 0 Å². The van der Waals surface area contributed by atoms with Gasteiger partial charge in [0.2, 0.25) is 0 Å². The minimum atomic E-state index is -0.0592. The first-order valence-corrected chi connectivity index (χ1v) is 10.1. The Kier molecular flexibility index (Phi) is 3.72. The molecule has 2 unspecified atom stereocenters. The highest BCUT2D eigenvalue weighted by molar-refractivity contribution is 5.89. The van der Waals surface area contributed by atoms with Crippen LogP contribution in [0.5, 0.6) is 0 Å². The standard InChI is InChI=1S/C21H34O2/c1-4-13-11-18-16-6-5-14-12-15(22)7-9-20(14,2)17(16)8-10-21(18,3)19(13)23/h13-18,22H,4-12H2,1-3H3/t13?,14?,15-,16-,17+,18+,20+,21+/m1/s1. The molecule has 4 rings (SSSR count). The maximum absolute atomic E-state index is 12.9. The van der Waals surface area contributed by atoms with E-state index in [1.54, 1.807) is 0 Å². The van der Waals surface area contributed by atoms with Crippen molar-refractivity contribution in [3.05, 3.63) is 0 Å². The van der Waals surface area contributed by atoms with Crippen molar-refractivity contribution in [2.75, 3.05) is 0 Å². The van der Waals surface area contributed by atoms with Crippen molar-refractivity contribution in [1.29, 1.82) is 0 Å². The number of hydrogen-bond donors (Lipinski definition) is 1. The Morgan fingerprint density at radius 1 is 1.04 bits per heavy atom. The number of carbonyl (C=O) groups excluding carboxylic acids is 1. The van der Waals surface area contributed by atoms with Crippen molar-refractivity contribution < 1.29 is 9.90 Å². The molecule has 0 aliphatic heterocycles. The number of carbonyl (C=O) groups is 1. The van der Waals surface area contributed by atoms with Gasteiger partial charge in [0.25, 0.3) is 0 Å². The molecule has 0 aromatic heterocycles. The van der Waals surface area contributed by atoms with Crippen LogP contribution in [-0.4, -0.2) is 17.0 Å². The fraction of sp³-hybridized carbons (Fsp3) is 0.952. The van der Waals surface area contributed by atoms with Gasteiger partial charge in [-0.1, -0.05) is 20.8 Å². The number of rotatable bonds is 1. The summed E-state index contributed by atoms with van der Waals surface area (Å²) in [6.07, 6.45) is 10.3. The fourth-order valence-corrected chi connectivity index (χ4v) is 7.53. The molecule has 8 atom stereocenters. The van der Waals surface area contributed by atoms with Crippen LogP contribution >= 0.6 is 0 Å². The Morgan fingerprint density at radius 2 is 1.83 bits per heavy atom. The molecule has 0 radical (unpaired) electrons. The van der Waals surface area contributed by atoms with E-state index in [0.29, 0.717) is 23.0 Å². The predicted octanol–water partition coefficient (Wildman–Crippen LogP) is 4.60. The quantitative estimate of drug-likeness (QED) is 0.767. The summed E-state index contributed by atoms with van der Waals surface area (Å²) in [6, 6.07) is 0. The van der Waals surface area contributed by atoms with Gasteiger partial charge in [0.15, 0.2) is 0 Å². The zero-order valence-corrected chi connectivity index (χ0v) is 15.2. The number of hydrogen-bond acceptors (Lipinski definition) is 2. The molecule has 4 aliphatic carbocycles. The Labute approximate surface area is 141 Å². The third-order valence-electron chi connectivity index (χ3n) is 8.99. The van der Waals surface area contributed by atoms with Crippen molar-refractivity contribution in [3.63, 3.8) is 0 Å². The summed E-state index contributed by atoms with van der Waals surface area (Å²) in [5, 5.41) is 10.1. The normalized spacial score (nSPS) is 55.9. The molecular formula is C21H34O2. The number of Topliss-reactive ketones (excluding diaryl/α,β-unsaturated/α-hetero) is 1. The van der Waals surface area contributed by atoms with Gasteiger partial charge in [-0.05, 0) is 86.9 Å². The van der Waals surface area contributed by atoms with E-state index in [1.165, 1.54) is 25.7 Å². The molecular weight excluding hydrogens is 284 g/mol. The molecule has 0 aromatic carbocycles. The van der Waals surface area contributed by atoms with Crippen molar-refractivity contribution in [1.82, 2.24) is 0 Å². The van der Waals surface area contributed by atoms with Gasteiger partial charge < -0.3 is 5.11 Å². The van der Waals surface area contributed by atoms with Crippen molar-refractivity contribution in [3.8, 4) is 0 Å². The molecule has 23 heavy (non-hydrogen) atoms. The Bertz CT molecular complexity index is 500. The van der Waals surface area contributed by atoms with Crippen LogP contribution < -0.4 is 0 Å². The van der Waals surface area contributed by atoms with Crippen LogP contribution in [-0.2, 0) is 4.79 Å². The Morgan fingerprint density at radius 3 is 2.57 bits per heavy atom. The van der Waals surface area contributed by atoms with Crippen molar-refractivity contribution >= 4 is 5.78 Å². The van der Waals surface area contributed by atoms with E-state index in [1.807, 2.05) is 0 Å². The van der Waals surface area contributed by atoms with Gasteiger partial charge in [0.1, 0.15) is 5.78 Å². The molecule has 1 N–H and O–H groups in total. The van der Waals surface area contributed by atoms with Crippen molar-refractivity contribution in [2.24, 2.45) is 40.4 Å². The van der Waals surface area contributed by atoms with Gasteiger partial charge in [-0.15, -0.1) is 0 Å².